The Balaban J connectivity index is 3.64. The smallest absolute Gasteiger partial charge is 0.438 e. The van der Waals surface area contributed by atoms with E-state index >= 15 is 0 Å². The minimum atomic E-state index is -1.61. The second-order valence-electron chi connectivity index (χ2n) is 6.16. The van der Waals surface area contributed by atoms with Crippen molar-refractivity contribution in [2.75, 3.05) is 20.3 Å². The lowest BCUT2D eigenvalue weighted by molar-refractivity contribution is 0.0832. The lowest BCUT2D eigenvalue weighted by atomic mass is 10.2. The van der Waals surface area contributed by atoms with Crippen LogP contribution in [0.25, 0.3) is 0 Å². The number of hydrogen-bond acceptors (Lipinski definition) is 4. The zero-order valence-corrected chi connectivity index (χ0v) is 14.7. The molecule has 0 unspecified atom stereocenters. The number of rotatable bonds is 6. The third-order valence-corrected chi connectivity index (χ3v) is 8.06. The molecule has 0 amide bonds. The third-order valence-electron chi connectivity index (χ3n) is 3.52. The normalized spacial score (nSPS) is 11.5. The third kappa shape index (κ3) is 8.23. The molecular formula is C15H28O4Si. The van der Waals surface area contributed by atoms with Gasteiger partial charge in [-0.25, -0.2) is 4.79 Å². The van der Waals surface area contributed by atoms with E-state index in [1.165, 1.54) is 7.11 Å². The molecule has 4 nitrogen and oxygen atoms in total. The Morgan fingerprint density at radius 1 is 1.15 bits per heavy atom. The van der Waals surface area contributed by atoms with Gasteiger partial charge in [-0.15, -0.1) is 0 Å². The van der Waals surface area contributed by atoms with Crippen LogP contribution in [0.15, 0.2) is 0 Å². The number of unbranched alkanes of at least 4 members (excludes halogenated alkanes) is 2. The van der Waals surface area contributed by atoms with Gasteiger partial charge < -0.3 is 13.9 Å². The van der Waals surface area contributed by atoms with Crippen molar-refractivity contribution in [3.8, 4) is 11.8 Å². The SMILES string of the molecule is COC(=O)OCC#CCCCCO[Si](C)(C)C(C)(C)C. The molecule has 0 saturated heterocycles. The van der Waals surface area contributed by atoms with Gasteiger partial charge in [0.25, 0.3) is 0 Å². The summed E-state index contributed by atoms with van der Waals surface area (Å²) in [7, 11) is -0.334. The van der Waals surface area contributed by atoms with Crippen molar-refractivity contribution in [2.24, 2.45) is 0 Å². The minimum Gasteiger partial charge on any atom is -0.438 e. The highest BCUT2D eigenvalue weighted by atomic mass is 28.4. The monoisotopic (exact) mass is 300 g/mol. The van der Waals surface area contributed by atoms with Gasteiger partial charge >= 0.3 is 6.16 Å². The second kappa shape index (κ2) is 9.04. The highest BCUT2D eigenvalue weighted by molar-refractivity contribution is 6.74. The van der Waals surface area contributed by atoms with E-state index in [0.717, 1.165) is 25.9 Å². The predicted octanol–water partition coefficient (Wildman–Crippen LogP) is 3.96. The molecule has 0 atom stereocenters. The number of carbonyl (C=O) groups is 1. The summed E-state index contributed by atoms with van der Waals surface area (Å²) in [5.41, 5.74) is 0. The summed E-state index contributed by atoms with van der Waals surface area (Å²) in [6, 6.07) is 0. The van der Waals surface area contributed by atoms with Crippen LogP contribution in [-0.2, 0) is 13.9 Å². The number of hydrogen-bond donors (Lipinski definition) is 0. The summed E-state index contributed by atoms with van der Waals surface area (Å²) in [6.07, 6.45) is 2.12. The first-order valence-electron chi connectivity index (χ1n) is 7.01. The summed E-state index contributed by atoms with van der Waals surface area (Å²) in [4.78, 5) is 10.6. The van der Waals surface area contributed by atoms with Crippen molar-refractivity contribution in [3.63, 3.8) is 0 Å². The van der Waals surface area contributed by atoms with Gasteiger partial charge in [0.05, 0.1) is 7.11 Å². The molecular weight excluding hydrogens is 272 g/mol. The largest absolute Gasteiger partial charge is 0.508 e. The van der Waals surface area contributed by atoms with E-state index in [0.29, 0.717) is 0 Å². The first-order valence-corrected chi connectivity index (χ1v) is 9.92. The predicted molar refractivity (Wildman–Crippen MR) is 83.1 cm³/mol. The number of ether oxygens (including phenoxy) is 2. The molecule has 0 N–H and O–H groups in total. The molecule has 0 radical (unpaired) electrons. The van der Waals surface area contributed by atoms with E-state index in [1.807, 2.05) is 0 Å². The quantitative estimate of drug-likeness (QED) is 0.322. The van der Waals surface area contributed by atoms with E-state index in [1.54, 1.807) is 0 Å². The Hall–Kier alpha value is -0.993. The molecule has 0 saturated carbocycles. The van der Waals surface area contributed by atoms with Gasteiger partial charge in [-0.1, -0.05) is 32.6 Å². The van der Waals surface area contributed by atoms with Gasteiger partial charge in [-0.2, -0.15) is 0 Å². The lowest BCUT2D eigenvalue weighted by Gasteiger charge is -2.36. The molecule has 0 aliphatic rings. The lowest BCUT2D eigenvalue weighted by Crippen LogP contribution is -2.40. The molecule has 5 heteroatoms. The van der Waals surface area contributed by atoms with Gasteiger partial charge in [0, 0.05) is 13.0 Å². The first kappa shape index (κ1) is 19.0. The maximum atomic E-state index is 10.6. The average Bonchev–Trinajstić information content (AvgIpc) is 2.34. The van der Waals surface area contributed by atoms with Crippen LogP contribution in [0.2, 0.25) is 18.1 Å². The number of methoxy groups -OCH3 is 1. The van der Waals surface area contributed by atoms with Crippen LogP contribution in [0, 0.1) is 11.8 Å². The second-order valence-corrected chi connectivity index (χ2v) is 11.0. The maximum absolute atomic E-state index is 10.6. The van der Waals surface area contributed by atoms with Crippen molar-refractivity contribution in [1.82, 2.24) is 0 Å². The highest BCUT2D eigenvalue weighted by Gasteiger charge is 2.36. The molecule has 0 aliphatic carbocycles. The van der Waals surface area contributed by atoms with Crippen molar-refractivity contribution >= 4 is 14.5 Å². The maximum Gasteiger partial charge on any atom is 0.508 e. The summed E-state index contributed by atoms with van der Waals surface area (Å²) in [5, 5.41) is 0.262. The first-order chi connectivity index (χ1) is 9.20. The van der Waals surface area contributed by atoms with Crippen LogP contribution in [-0.4, -0.2) is 34.8 Å². The zero-order chi connectivity index (χ0) is 15.6. The Kier molecular flexibility index (Phi) is 8.59. The highest BCUT2D eigenvalue weighted by Crippen LogP contribution is 2.36. The van der Waals surface area contributed by atoms with Crippen LogP contribution in [0.5, 0.6) is 0 Å². The van der Waals surface area contributed by atoms with E-state index in [2.05, 4.69) is 55.2 Å². The van der Waals surface area contributed by atoms with Crippen LogP contribution in [0.4, 0.5) is 4.79 Å². The van der Waals surface area contributed by atoms with E-state index in [-0.39, 0.29) is 11.6 Å². The fraction of sp³-hybridized carbons (Fsp3) is 0.800. The fourth-order valence-corrected chi connectivity index (χ4v) is 2.24. The van der Waals surface area contributed by atoms with E-state index in [9.17, 15) is 4.79 Å². The molecule has 0 spiro atoms. The molecule has 0 aromatic heterocycles. The molecule has 0 aromatic carbocycles. The van der Waals surface area contributed by atoms with Gasteiger partial charge in [-0.05, 0) is 31.0 Å². The number of carbonyl (C=O) groups excluding carboxylic acids is 1. The zero-order valence-electron chi connectivity index (χ0n) is 13.7. The molecule has 0 aliphatic heterocycles. The summed E-state index contributed by atoms with van der Waals surface area (Å²) in [6.45, 7) is 12.1. The Labute approximate surface area is 124 Å². The Morgan fingerprint density at radius 3 is 2.35 bits per heavy atom. The molecule has 0 aromatic rings. The fourth-order valence-electron chi connectivity index (χ4n) is 1.15. The van der Waals surface area contributed by atoms with Crippen LogP contribution >= 0.6 is 0 Å². The van der Waals surface area contributed by atoms with E-state index in [4.69, 9.17) is 4.43 Å². The van der Waals surface area contributed by atoms with Crippen molar-refractivity contribution in [3.05, 3.63) is 0 Å². The van der Waals surface area contributed by atoms with Gasteiger partial charge in [0.2, 0.25) is 0 Å². The molecule has 0 heterocycles. The van der Waals surface area contributed by atoms with Crippen molar-refractivity contribution in [2.45, 2.75) is 58.2 Å². The summed E-state index contributed by atoms with van der Waals surface area (Å²) < 4.78 is 15.0. The molecule has 0 bridgehead atoms. The van der Waals surface area contributed by atoms with Crippen LogP contribution in [0.1, 0.15) is 40.0 Å². The molecule has 0 rings (SSSR count). The topological polar surface area (TPSA) is 44.8 Å². The molecule has 20 heavy (non-hydrogen) atoms. The minimum absolute atomic E-state index is 0.0904. The Morgan fingerprint density at radius 2 is 1.80 bits per heavy atom. The summed E-state index contributed by atoms with van der Waals surface area (Å²) >= 11 is 0. The van der Waals surface area contributed by atoms with Crippen LogP contribution in [0.3, 0.4) is 0 Å². The summed E-state index contributed by atoms with van der Waals surface area (Å²) in [5.74, 6) is 5.74. The average molecular weight is 300 g/mol. The van der Waals surface area contributed by atoms with Gasteiger partial charge in [0.15, 0.2) is 14.9 Å². The van der Waals surface area contributed by atoms with Gasteiger partial charge in [-0.3, -0.25) is 0 Å². The van der Waals surface area contributed by atoms with Crippen molar-refractivity contribution < 1.29 is 18.7 Å². The van der Waals surface area contributed by atoms with Gasteiger partial charge in [0.1, 0.15) is 0 Å². The van der Waals surface area contributed by atoms with E-state index < -0.39 is 14.5 Å². The molecule has 116 valence electrons. The van der Waals surface area contributed by atoms with Crippen LogP contribution < -0.4 is 0 Å². The van der Waals surface area contributed by atoms with Crippen molar-refractivity contribution in [1.29, 1.82) is 0 Å². The standard InChI is InChI=1S/C15H28O4Si/c1-15(2,3)20(5,6)19-13-11-9-7-8-10-12-18-14(16)17-4/h7,9,11-13H2,1-6H3. The molecule has 0 fully saturated rings. The Bertz CT molecular complexity index is 347.